The van der Waals surface area contributed by atoms with Gasteiger partial charge in [0.05, 0.1) is 11.4 Å². The summed E-state index contributed by atoms with van der Waals surface area (Å²) in [7, 11) is 0. The first kappa shape index (κ1) is 18.8. The van der Waals surface area contributed by atoms with Crippen molar-refractivity contribution in [1.82, 2.24) is 10.3 Å². The second kappa shape index (κ2) is 6.65. The predicted octanol–water partition coefficient (Wildman–Crippen LogP) is 3.66. The first-order chi connectivity index (χ1) is 12.7. The Bertz CT molecular complexity index is 899. The van der Waals surface area contributed by atoms with Gasteiger partial charge in [-0.15, -0.1) is 0 Å². The first-order valence-electron chi connectivity index (χ1n) is 9.09. The third-order valence-electron chi connectivity index (χ3n) is 4.65. The van der Waals surface area contributed by atoms with Crippen molar-refractivity contribution < 1.29 is 9.59 Å². The summed E-state index contributed by atoms with van der Waals surface area (Å²) < 4.78 is 0. The average Bonchev–Trinajstić information content (AvgIpc) is 2.90. The van der Waals surface area contributed by atoms with Gasteiger partial charge in [-0.3, -0.25) is 19.5 Å². The molecule has 1 N–H and O–H groups in total. The van der Waals surface area contributed by atoms with E-state index in [0.717, 1.165) is 5.56 Å². The van der Waals surface area contributed by atoms with E-state index in [2.05, 4.69) is 16.9 Å². The van der Waals surface area contributed by atoms with Crippen LogP contribution in [0.1, 0.15) is 45.4 Å². The number of pyridine rings is 1. The molecule has 1 aromatic heterocycles. The Kier molecular flexibility index (Phi) is 4.64. The minimum atomic E-state index is -1.41. The highest BCUT2D eigenvalue weighted by Gasteiger charge is 2.57. The van der Waals surface area contributed by atoms with E-state index in [1.54, 1.807) is 30.2 Å². The lowest BCUT2D eigenvalue weighted by Crippen LogP contribution is -2.60. The van der Waals surface area contributed by atoms with Crippen molar-refractivity contribution in [2.24, 2.45) is 0 Å². The van der Waals surface area contributed by atoms with Crippen molar-refractivity contribution in [3.05, 3.63) is 66.5 Å². The smallest absolute Gasteiger partial charge is 0.257 e. The minimum absolute atomic E-state index is 0.157. The number of carbonyl (C=O) groups excluding carboxylic acids is 2. The molecule has 5 heteroatoms. The second-order valence-electron chi connectivity index (χ2n) is 7.71. The number of aromatic nitrogens is 1. The summed E-state index contributed by atoms with van der Waals surface area (Å²) in [4.78, 5) is 32.8. The third kappa shape index (κ3) is 2.93. The highest BCUT2D eigenvalue weighted by Crippen LogP contribution is 2.52. The highest BCUT2D eigenvalue weighted by atomic mass is 16.2. The van der Waals surface area contributed by atoms with E-state index in [0.29, 0.717) is 17.0 Å². The normalized spacial score (nSPS) is 19.0. The van der Waals surface area contributed by atoms with Gasteiger partial charge in [0.15, 0.2) is 5.54 Å². The van der Waals surface area contributed by atoms with Crippen LogP contribution in [0.15, 0.2) is 55.2 Å². The van der Waals surface area contributed by atoms with Crippen LogP contribution in [0.2, 0.25) is 0 Å². The number of hydrogen-bond acceptors (Lipinski definition) is 3. The van der Waals surface area contributed by atoms with Gasteiger partial charge in [0.25, 0.3) is 5.91 Å². The maximum atomic E-state index is 13.7. The summed E-state index contributed by atoms with van der Waals surface area (Å²) in [5, 5.41) is 3.04. The monoisotopic (exact) mass is 363 g/mol. The SMILES string of the molecule is C=C1c2ccccc2N(C(=O)CC)C1(C(=O)NC(C)(C)C)c1ccccn1. The second-order valence-corrected chi connectivity index (χ2v) is 7.71. The van der Waals surface area contributed by atoms with Crippen molar-refractivity contribution in [1.29, 1.82) is 0 Å². The summed E-state index contributed by atoms with van der Waals surface area (Å²) >= 11 is 0. The summed E-state index contributed by atoms with van der Waals surface area (Å²) in [6.07, 6.45) is 1.89. The van der Waals surface area contributed by atoms with Gasteiger partial charge in [0, 0.05) is 23.7 Å². The lowest BCUT2D eigenvalue weighted by atomic mass is 9.83. The molecule has 1 atom stereocenters. The van der Waals surface area contributed by atoms with E-state index in [-0.39, 0.29) is 18.2 Å². The van der Waals surface area contributed by atoms with E-state index in [4.69, 9.17) is 0 Å². The maximum Gasteiger partial charge on any atom is 0.257 e. The zero-order valence-corrected chi connectivity index (χ0v) is 16.2. The van der Waals surface area contributed by atoms with Gasteiger partial charge in [-0.1, -0.05) is 37.8 Å². The summed E-state index contributed by atoms with van der Waals surface area (Å²) in [5.41, 5.74) is 0.619. The van der Waals surface area contributed by atoms with E-state index in [1.807, 2.05) is 51.1 Å². The topological polar surface area (TPSA) is 62.3 Å². The van der Waals surface area contributed by atoms with Crippen molar-refractivity contribution in [2.45, 2.75) is 45.2 Å². The van der Waals surface area contributed by atoms with Gasteiger partial charge in [-0.2, -0.15) is 0 Å². The van der Waals surface area contributed by atoms with E-state index in [9.17, 15) is 9.59 Å². The number of anilines is 1. The van der Waals surface area contributed by atoms with Gasteiger partial charge < -0.3 is 5.32 Å². The molecule has 2 amide bonds. The van der Waals surface area contributed by atoms with Crippen LogP contribution in [0.25, 0.3) is 5.57 Å². The molecule has 0 spiro atoms. The molecule has 1 unspecified atom stereocenters. The molecular weight excluding hydrogens is 338 g/mol. The Morgan fingerprint density at radius 2 is 1.81 bits per heavy atom. The number of hydrogen-bond donors (Lipinski definition) is 1. The molecule has 1 aliphatic heterocycles. The highest BCUT2D eigenvalue weighted by molar-refractivity contribution is 6.17. The molecule has 1 aromatic carbocycles. The lowest BCUT2D eigenvalue weighted by molar-refractivity contribution is -0.129. The van der Waals surface area contributed by atoms with Crippen LogP contribution in [0.4, 0.5) is 5.69 Å². The Morgan fingerprint density at radius 3 is 2.41 bits per heavy atom. The molecule has 3 rings (SSSR count). The number of rotatable bonds is 3. The molecule has 27 heavy (non-hydrogen) atoms. The largest absolute Gasteiger partial charge is 0.349 e. The van der Waals surface area contributed by atoms with Crippen molar-refractivity contribution in [3.63, 3.8) is 0 Å². The van der Waals surface area contributed by atoms with E-state index >= 15 is 0 Å². The molecule has 0 radical (unpaired) electrons. The van der Waals surface area contributed by atoms with Gasteiger partial charge in [-0.25, -0.2) is 0 Å². The molecule has 0 aliphatic carbocycles. The Hall–Kier alpha value is -2.95. The summed E-state index contributed by atoms with van der Waals surface area (Å²) in [5.74, 6) is -0.465. The van der Waals surface area contributed by atoms with Crippen LogP contribution < -0.4 is 10.2 Å². The zero-order chi connectivity index (χ0) is 19.8. The molecule has 0 bridgehead atoms. The number of carbonyl (C=O) groups is 2. The van der Waals surface area contributed by atoms with Gasteiger partial charge in [0.1, 0.15) is 0 Å². The van der Waals surface area contributed by atoms with E-state index < -0.39 is 11.1 Å². The number of amides is 2. The fourth-order valence-electron chi connectivity index (χ4n) is 3.55. The summed E-state index contributed by atoms with van der Waals surface area (Å²) in [6, 6.07) is 12.9. The van der Waals surface area contributed by atoms with Crippen LogP contribution in [0.3, 0.4) is 0 Å². The van der Waals surface area contributed by atoms with Crippen molar-refractivity contribution >= 4 is 23.1 Å². The Balaban J connectivity index is 2.33. The molecule has 0 saturated carbocycles. The lowest BCUT2D eigenvalue weighted by Gasteiger charge is -2.39. The van der Waals surface area contributed by atoms with Crippen LogP contribution in [-0.4, -0.2) is 22.3 Å². The molecule has 5 nitrogen and oxygen atoms in total. The molecule has 0 saturated heterocycles. The Morgan fingerprint density at radius 1 is 1.15 bits per heavy atom. The fourth-order valence-corrected chi connectivity index (χ4v) is 3.55. The van der Waals surface area contributed by atoms with Crippen LogP contribution in [-0.2, 0) is 15.1 Å². The minimum Gasteiger partial charge on any atom is -0.349 e. The van der Waals surface area contributed by atoms with Crippen molar-refractivity contribution in [3.8, 4) is 0 Å². The van der Waals surface area contributed by atoms with Gasteiger partial charge in [-0.05, 0) is 44.5 Å². The maximum absolute atomic E-state index is 13.7. The van der Waals surface area contributed by atoms with Crippen LogP contribution in [0, 0.1) is 0 Å². The number of nitrogens with zero attached hydrogens (tertiary/aromatic N) is 2. The fraction of sp³-hybridized carbons (Fsp3) is 0.318. The quantitative estimate of drug-likeness (QED) is 0.905. The molecule has 2 aromatic rings. The average molecular weight is 363 g/mol. The summed E-state index contributed by atoms with van der Waals surface area (Å²) in [6.45, 7) is 11.8. The van der Waals surface area contributed by atoms with Gasteiger partial charge in [0.2, 0.25) is 5.91 Å². The zero-order valence-electron chi connectivity index (χ0n) is 16.2. The molecular formula is C22H25N3O2. The number of para-hydroxylation sites is 1. The number of fused-ring (bicyclic) bond motifs is 1. The van der Waals surface area contributed by atoms with Crippen LogP contribution in [0.5, 0.6) is 0 Å². The predicted molar refractivity (Wildman–Crippen MR) is 107 cm³/mol. The molecule has 0 fully saturated rings. The van der Waals surface area contributed by atoms with E-state index in [1.165, 1.54) is 0 Å². The standard InChI is InChI=1S/C22H25N3O2/c1-6-19(26)25-17-12-8-7-11-16(17)15(2)22(25,18-13-9-10-14-23-18)20(27)24-21(3,4)5/h7-14H,2,6H2,1,3-5H3,(H,24,27). The van der Waals surface area contributed by atoms with Crippen LogP contribution >= 0.6 is 0 Å². The Labute approximate surface area is 160 Å². The van der Waals surface area contributed by atoms with Crippen molar-refractivity contribution in [2.75, 3.05) is 4.90 Å². The molecule has 1 aliphatic rings. The molecule has 2 heterocycles. The van der Waals surface area contributed by atoms with Gasteiger partial charge >= 0.3 is 0 Å². The number of nitrogens with one attached hydrogen (secondary N) is 1. The third-order valence-corrected chi connectivity index (χ3v) is 4.65. The molecule has 140 valence electrons. The number of benzene rings is 1. The first-order valence-corrected chi connectivity index (χ1v) is 9.09.